The van der Waals surface area contributed by atoms with Crippen molar-refractivity contribution in [3.63, 3.8) is 0 Å². The van der Waals surface area contributed by atoms with Gasteiger partial charge in [-0.3, -0.25) is 9.78 Å². The van der Waals surface area contributed by atoms with E-state index in [1.165, 1.54) is 11.1 Å². The number of Topliss-reactive ketones (excluding diaryl/α,β-unsaturated/α-hetero) is 1. The fourth-order valence-corrected chi connectivity index (χ4v) is 2.39. The minimum Gasteiger partial charge on any atom is -0.360 e. The Morgan fingerprint density at radius 2 is 2.05 bits per heavy atom. The Bertz CT molecular complexity index is 787. The van der Waals surface area contributed by atoms with E-state index >= 15 is 0 Å². The van der Waals surface area contributed by atoms with Crippen LogP contribution in [0.4, 0.5) is 0 Å². The summed E-state index contributed by atoms with van der Waals surface area (Å²) in [6.45, 7) is 4.14. The molecule has 0 aliphatic rings. The van der Waals surface area contributed by atoms with Crippen LogP contribution in [0.15, 0.2) is 42.9 Å². The van der Waals surface area contributed by atoms with Crippen LogP contribution in [0.2, 0.25) is 0 Å². The fraction of sp³-hybridized carbons (Fsp3) is 0.176. The van der Waals surface area contributed by atoms with Crippen LogP contribution in [0.5, 0.6) is 0 Å². The molecule has 20 heavy (non-hydrogen) atoms. The number of aromatic nitrogens is 2. The Hall–Kier alpha value is -2.42. The van der Waals surface area contributed by atoms with Crippen molar-refractivity contribution in [3.8, 4) is 0 Å². The molecule has 3 aromatic rings. The number of rotatable bonds is 3. The molecule has 0 bridgehead atoms. The molecule has 3 rings (SSSR count). The van der Waals surface area contributed by atoms with E-state index in [0.717, 1.165) is 16.5 Å². The minimum absolute atomic E-state index is 0.118. The average Bonchev–Trinajstić information content (AvgIpc) is 2.87. The first-order valence-corrected chi connectivity index (χ1v) is 6.65. The summed E-state index contributed by atoms with van der Waals surface area (Å²) in [4.78, 5) is 19.6. The number of hydrogen-bond donors (Lipinski definition) is 1. The Morgan fingerprint density at radius 1 is 1.20 bits per heavy atom. The van der Waals surface area contributed by atoms with E-state index in [4.69, 9.17) is 0 Å². The molecule has 0 aliphatic carbocycles. The molecule has 100 valence electrons. The predicted octanol–water partition coefficient (Wildman–Crippen LogP) is 3.61. The zero-order chi connectivity index (χ0) is 14.1. The number of nitrogens with one attached hydrogen (secondary N) is 1. The SMILES string of the molecule is Cc1ccc(CC(=O)c2c[nH]c3ccncc23)cc1C. The van der Waals surface area contributed by atoms with Gasteiger partial charge in [0.05, 0.1) is 0 Å². The molecule has 0 aliphatic heterocycles. The molecule has 0 atom stereocenters. The van der Waals surface area contributed by atoms with Gasteiger partial charge >= 0.3 is 0 Å². The smallest absolute Gasteiger partial charge is 0.169 e. The second-order valence-corrected chi connectivity index (χ2v) is 5.14. The Kier molecular flexibility index (Phi) is 3.11. The van der Waals surface area contributed by atoms with E-state index in [-0.39, 0.29) is 5.78 Å². The molecule has 0 amide bonds. The number of pyridine rings is 1. The third kappa shape index (κ3) is 2.23. The van der Waals surface area contributed by atoms with Crippen LogP contribution in [0.3, 0.4) is 0 Å². The van der Waals surface area contributed by atoms with Gasteiger partial charge in [-0.1, -0.05) is 18.2 Å². The van der Waals surface area contributed by atoms with Crippen molar-refractivity contribution in [1.82, 2.24) is 9.97 Å². The zero-order valence-electron chi connectivity index (χ0n) is 11.6. The Morgan fingerprint density at radius 3 is 2.85 bits per heavy atom. The van der Waals surface area contributed by atoms with Crippen molar-refractivity contribution in [1.29, 1.82) is 0 Å². The standard InChI is InChI=1S/C17H16N2O/c1-11-3-4-13(7-12(11)2)8-17(20)15-10-19-16-5-6-18-9-14(15)16/h3-7,9-10,19H,8H2,1-2H3. The normalized spacial score (nSPS) is 10.9. The second-order valence-electron chi connectivity index (χ2n) is 5.14. The third-order valence-corrected chi connectivity index (χ3v) is 3.72. The Labute approximate surface area is 117 Å². The van der Waals surface area contributed by atoms with Crippen LogP contribution in [-0.4, -0.2) is 15.8 Å². The van der Waals surface area contributed by atoms with Crippen molar-refractivity contribution in [2.45, 2.75) is 20.3 Å². The fourth-order valence-electron chi connectivity index (χ4n) is 2.39. The lowest BCUT2D eigenvalue weighted by Gasteiger charge is -2.04. The molecule has 0 spiro atoms. The number of fused-ring (bicyclic) bond motifs is 1. The van der Waals surface area contributed by atoms with Gasteiger partial charge in [-0.25, -0.2) is 0 Å². The summed E-state index contributed by atoms with van der Waals surface area (Å²) in [5.74, 6) is 0.118. The van der Waals surface area contributed by atoms with E-state index in [1.807, 2.05) is 12.1 Å². The van der Waals surface area contributed by atoms with Gasteiger partial charge in [0, 0.05) is 41.5 Å². The highest BCUT2D eigenvalue weighted by Crippen LogP contribution is 2.19. The maximum absolute atomic E-state index is 12.4. The molecule has 0 radical (unpaired) electrons. The Balaban J connectivity index is 1.91. The number of nitrogens with zero attached hydrogens (tertiary/aromatic N) is 1. The van der Waals surface area contributed by atoms with Crippen LogP contribution >= 0.6 is 0 Å². The molecule has 0 fully saturated rings. The molecule has 0 unspecified atom stereocenters. The summed E-state index contributed by atoms with van der Waals surface area (Å²) >= 11 is 0. The van der Waals surface area contributed by atoms with Gasteiger partial charge in [-0.15, -0.1) is 0 Å². The second kappa shape index (κ2) is 4.93. The number of benzene rings is 1. The van der Waals surface area contributed by atoms with Crippen molar-refractivity contribution >= 4 is 16.7 Å². The number of carbonyl (C=O) groups excluding carboxylic acids is 1. The molecule has 1 aromatic carbocycles. The first-order chi connectivity index (χ1) is 9.65. The van der Waals surface area contributed by atoms with Crippen molar-refractivity contribution in [3.05, 3.63) is 65.1 Å². The van der Waals surface area contributed by atoms with Gasteiger partial charge < -0.3 is 4.98 Å². The van der Waals surface area contributed by atoms with Crippen LogP contribution in [0.25, 0.3) is 10.9 Å². The van der Waals surface area contributed by atoms with Crippen molar-refractivity contribution < 1.29 is 4.79 Å². The molecular formula is C17H16N2O. The summed E-state index contributed by atoms with van der Waals surface area (Å²) < 4.78 is 0. The van der Waals surface area contributed by atoms with Crippen molar-refractivity contribution in [2.24, 2.45) is 0 Å². The highest BCUT2D eigenvalue weighted by molar-refractivity contribution is 6.08. The number of H-pyrrole nitrogens is 1. The summed E-state index contributed by atoms with van der Waals surface area (Å²) in [6.07, 6.45) is 5.65. The highest BCUT2D eigenvalue weighted by Gasteiger charge is 2.12. The van der Waals surface area contributed by atoms with Crippen LogP contribution in [0, 0.1) is 13.8 Å². The van der Waals surface area contributed by atoms with Crippen molar-refractivity contribution in [2.75, 3.05) is 0 Å². The van der Waals surface area contributed by atoms with Gasteiger partial charge in [0.15, 0.2) is 5.78 Å². The predicted molar refractivity (Wildman–Crippen MR) is 80.0 cm³/mol. The molecule has 0 saturated carbocycles. The van der Waals surface area contributed by atoms with E-state index in [2.05, 4.69) is 35.9 Å². The van der Waals surface area contributed by atoms with E-state index in [9.17, 15) is 4.79 Å². The first-order valence-electron chi connectivity index (χ1n) is 6.65. The van der Waals surface area contributed by atoms with Gasteiger partial charge in [-0.05, 0) is 36.6 Å². The highest BCUT2D eigenvalue weighted by atomic mass is 16.1. The quantitative estimate of drug-likeness (QED) is 0.734. The van der Waals surface area contributed by atoms with Gasteiger partial charge in [-0.2, -0.15) is 0 Å². The van der Waals surface area contributed by atoms with Gasteiger partial charge in [0.2, 0.25) is 0 Å². The molecule has 2 heterocycles. The lowest BCUT2D eigenvalue weighted by molar-refractivity contribution is 0.0994. The monoisotopic (exact) mass is 264 g/mol. The summed E-state index contributed by atoms with van der Waals surface area (Å²) in [5.41, 5.74) is 5.18. The molecule has 3 nitrogen and oxygen atoms in total. The lowest BCUT2D eigenvalue weighted by Crippen LogP contribution is -2.03. The molecule has 2 aromatic heterocycles. The maximum atomic E-state index is 12.4. The molecule has 1 N–H and O–H groups in total. The summed E-state index contributed by atoms with van der Waals surface area (Å²) in [5, 5.41) is 0.890. The largest absolute Gasteiger partial charge is 0.360 e. The van der Waals surface area contributed by atoms with Crippen LogP contribution in [-0.2, 0) is 6.42 Å². The van der Waals surface area contributed by atoms with E-state index in [0.29, 0.717) is 12.0 Å². The first kappa shape index (κ1) is 12.6. The maximum Gasteiger partial charge on any atom is 0.169 e. The van der Waals surface area contributed by atoms with E-state index in [1.54, 1.807) is 18.6 Å². The molecule has 0 saturated heterocycles. The van der Waals surface area contributed by atoms with Crippen LogP contribution < -0.4 is 0 Å². The number of hydrogen-bond acceptors (Lipinski definition) is 2. The number of aromatic amines is 1. The zero-order valence-corrected chi connectivity index (χ0v) is 11.6. The molecule has 3 heteroatoms. The van der Waals surface area contributed by atoms with Crippen LogP contribution in [0.1, 0.15) is 27.0 Å². The topological polar surface area (TPSA) is 45.8 Å². The lowest BCUT2D eigenvalue weighted by atomic mass is 10.00. The summed E-state index contributed by atoms with van der Waals surface area (Å²) in [7, 11) is 0. The minimum atomic E-state index is 0.118. The number of carbonyl (C=O) groups is 1. The van der Waals surface area contributed by atoms with E-state index < -0.39 is 0 Å². The van der Waals surface area contributed by atoms with Gasteiger partial charge in [0.25, 0.3) is 0 Å². The number of aryl methyl sites for hydroxylation is 2. The third-order valence-electron chi connectivity index (χ3n) is 3.72. The summed E-state index contributed by atoms with van der Waals surface area (Å²) in [6, 6.07) is 8.05. The number of ketones is 1. The van der Waals surface area contributed by atoms with Gasteiger partial charge in [0.1, 0.15) is 0 Å². The average molecular weight is 264 g/mol. The molecular weight excluding hydrogens is 248 g/mol.